The summed E-state index contributed by atoms with van der Waals surface area (Å²) < 4.78 is 14.9. The maximum atomic E-state index is 12.8. The van der Waals surface area contributed by atoms with Gasteiger partial charge in [0.15, 0.2) is 5.82 Å². The van der Waals surface area contributed by atoms with Crippen LogP contribution in [0.15, 0.2) is 29.4 Å². The van der Waals surface area contributed by atoms with Crippen LogP contribution in [0.3, 0.4) is 0 Å². The molecule has 0 aliphatic heterocycles. The number of aryl methyl sites for hydroxylation is 1. The normalized spacial score (nSPS) is 11.8. The Morgan fingerprint density at radius 1 is 1.44 bits per heavy atom. The van der Waals surface area contributed by atoms with Gasteiger partial charge in [-0.1, -0.05) is 19.1 Å². The highest BCUT2D eigenvalue weighted by atomic mass is 32.1. The van der Waals surface area contributed by atoms with Crippen molar-refractivity contribution in [2.24, 2.45) is 5.10 Å². The van der Waals surface area contributed by atoms with Gasteiger partial charge in [0, 0.05) is 6.42 Å². The molecule has 0 radical (unpaired) electrons. The SMILES string of the molecule is CCc1n[nH]c(=S)n1/N=C(/C)c1ccc(F)cc1. The molecule has 0 aliphatic carbocycles. The zero-order valence-electron chi connectivity index (χ0n) is 10.1. The minimum atomic E-state index is -0.263. The summed E-state index contributed by atoms with van der Waals surface area (Å²) in [7, 11) is 0. The Labute approximate surface area is 109 Å². The molecule has 1 aromatic heterocycles. The van der Waals surface area contributed by atoms with Gasteiger partial charge < -0.3 is 0 Å². The number of benzene rings is 1. The Morgan fingerprint density at radius 3 is 2.72 bits per heavy atom. The summed E-state index contributed by atoms with van der Waals surface area (Å²) in [5, 5.41) is 11.2. The van der Waals surface area contributed by atoms with Crippen molar-refractivity contribution in [2.75, 3.05) is 0 Å². The standard InChI is InChI=1S/C12H13FN4S/c1-3-11-14-15-12(18)17(11)16-8(2)9-4-6-10(13)7-5-9/h4-7H,3H2,1-2H3,(H,15,18)/b16-8-. The summed E-state index contributed by atoms with van der Waals surface area (Å²) in [6.45, 7) is 3.83. The van der Waals surface area contributed by atoms with E-state index >= 15 is 0 Å². The van der Waals surface area contributed by atoms with Crippen LogP contribution in [0.2, 0.25) is 0 Å². The van der Waals surface area contributed by atoms with Crippen LogP contribution in [0.25, 0.3) is 0 Å². The van der Waals surface area contributed by atoms with Gasteiger partial charge in [0.2, 0.25) is 4.77 Å². The molecule has 2 rings (SSSR count). The average Bonchev–Trinajstić information content (AvgIpc) is 2.71. The molecule has 6 heteroatoms. The number of aromatic nitrogens is 3. The molecule has 0 saturated carbocycles. The Balaban J connectivity index is 2.41. The number of hydrogen-bond donors (Lipinski definition) is 1. The van der Waals surface area contributed by atoms with E-state index in [1.165, 1.54) is 12.1 Å². The van der Waals surface area contributed by atoms with Gasteiger partial charge in [-0.15, -0.1) is 0 Å². The summed E-state index contributed by atoms with van der Waals surface area (Å²) in [5.41, 5.74) is 1.60. The van der Waals surface area contributed by atoms with Crippen LogP contribution in [0, 0.1) is 10.6 Å². The maximum Gasteiger partial charge on any atom is 0.216 e. The van der Waals surface area contributed by atoms with E-state index in [9.17, 15) is 4.39 Å². The van der Waals surface area contributed by atoms with Gasteiger partial charge in [-0.3, -0.25) is 5.10 Å². The Morgan fingerprint density at radius 2 is 2.11 bits per heavy atom. The van der Waals surface area contributed by atoms with Crippen molar-refractivity contribution >= 4 is 17.9 Å². The second-order valence-corrected chi connectivity index (χ2v) is 4.19. The highest BCUT2D eigenvalue weighted by molar-refractivity contribution is 7.71. The second kappa shape index (κ2) is 5.22. The number of nitrogens with zero attached hydrogens (tertiary/aromatic N) is 3. The lowest BCUT2D eigenvalue weighted by Crippen LogP contribution is -2.03. The molecule has 0 unspecified atom stereocenters. The predicted molar refractivity (Wildman–Crippen MR) is 70.8 cm³/mol. The molecular formula is C12H13FN4S. The number of H-pyrrole nitrogens is 1. The minimum absolute atomic E-state index is 0.263. The largest absolute Gasteiger partial charge is 0.250 e. The van der Waals surface area contributed by atoms with Crippen molar-refractivity contribution in [1.82, 2.24) is 14.9 Å². The number of nitrogens with one attached hydrogen (secondary N) is 1. The van der Waals surface area contributed by atoms with E-state index in [-0.39, 0.29) is 5.82 Å². The van der Waals surface area contributed by atoms with Gasteiger partial charge in [0.1, 0.15) is 5.82 Å². The zero-order valence-corrected chi connectivity index (χ0v) is 11.0. The third-order valence-electron chi connectivity index (χ3n) is 2.55. The fourth-order valence-corrected chi connectivity index (χ4v) is 1.75. The Hall–Kier alpha value is -1.82. The number of aromatic amines is 1. The van der Waals surface area contributed by atoms with Crippen LogP contribution in [-0.2, 0) is 6.42 Å². The highest BCUT2D eigenvalue weighted by Gasteiger charge is 2.04. The summed E-state index contributed by atoms with van der Waals surface area (Å²) in [6, 6.07) is 6.18. The molecule has 0 amide bonds. The fourth-order valence-electron chi connectivity index (χ4n) is 1.56. The van der Waals surface area contributed by atoms with E-state index in [0.29, 0.717) is 4.77 Å². The molecule has 0 atom stereocenters. The van der Waals surface area contributed by atoms with Crippen molar-refractivity contribution in [3.8, 4) is 0 Å². The number of halogens is 1. The summed E-state index contributed by atoms with van der Waals surface area (Å²) in [5.74, 6) is 0.502. The van der Waals surface area contributed by atoms with Gasteiger partial charge in [-0.25, -0.2) is 4.39 Å². The van der Waals surface area contributed by atoms with Crippen LogP contribution in [0.1, 0.15) is 25.2 Å². The lowest BCUT2D eigenvalue weighted by atomic mass is 10.1. The van der Waals surface area contributed by atoms with E-state index in [4.69, 9.17) is 12.2 Å². The van der Waals surface area contributed by atoms with Crippen molar-refractivity contribution in [1.29, 1.82) is 0 Å². The van der Waals surface area contributed by atoms with Crippen molar-refractivity contribution < 1.29 is 4.39 Å². The molecule has 1 heterocycles. The summed E-state index contributed by atoms with van der Waals surface area (Å²) >= 11 is 5.11. The van der Waals surface area contributed by atoms with E-state index < -0.39 is 0 Å². The molecule has 94 valence electrons. The smallest absolute Gasteiger partial charge is 0.216 e. The van der Waals surface area contributed by atoms with Gasteiger partial charge in [0.05, 0.1) is 5.71 Å². The van der Waals surface area contributed by atoms with Crippen molar-refractivity contribution in [3.63, 3.8) is 0 Å². The van der Waals surface area contributed by atoms with Crippen molar-refractivity contribution in [2.45, 2.75) is 20.3 Å². The molecule has 0 saturated heterocycles. The molecule has 1 aromatic carbocycles. The second-order valence-electron chi connectivity index (χ2n) is 3.80. The van der Waals surface area contributed by atoms with Gasteiger partial charge in [-0.05, 0) is 36.8 Å². The van der Waals surface area contributed by atoms with Crippen LogP contribution in [0.5, 0.6) is 0 Å². The Bertz CT molecular complexity index is 624. The van der Waals surface area contributed by atoms with Gasteiger partial charge >= 0.3 is 0 Å². The first-order valence-corrected chi connectivity index (χ1v) is 6.00. The highest BCUT2D eigenvalue weighted by Crippen LogP contribution is 2.06. The lowest BCUT2D eigenvalue weighted by Gasteiger charge is -2.02. The van der Waals surface area contributed by atoms with Crippen LogP contribution < -0.4 is 0 Å². The first-order valence-electron chi connectivity index (χ1n) is 5.59. The molecule has 0 spiro atoms. The Kier molecular flexibility index (Phi) is 3.66. The van der Waals surface area contributed by atoms with Gasteiger partial charge in [0.25, 0.3) is 0 Å². The lowest BCUT2D eigenvalue weighted by molar-refractivity contribution is 0.627. The quantitative estimate of drug-likeness (QED) is 0.684. The first-order chi connectivity index (χ1) is 8.61. The fraction of sp³-hybridized carbons (Fsp3) is 0.250. The minimum Gasteiger partial charge on any atom is -0.250 e. The molecule has 0 bridgehead atoms. The molecule has 2 aromatic rings. The monoisotopic (exact) mass is 264 g/mol. The molecule has 0 fully saturated rings. The summed E-state index contributed by atoms with van der Waals surface area (Å²) in [4.78, 5) is 0. The molecule has 18 heavy (non-hydrogen) atoms. The van der Waals surface area contributed by atoms with E-state index in [0.717, 1.165) is 23.5 Å². The summed E-state index contributed by atoms with van der Waals surface area (Å²) in [6.07, 6.45) is 0.730. The van der Waals surface area contributed by atoms with Crippen LogP contribution in [-0.4, -0.2) is 20.6 Å². The molecular weight excluding hydrogens is 251 g/mol. The van der Waals surface area contributed by atoms with Crippen LogP contribution in [0.4, 0.5) is 4.39 Å². The molecule has 1 N–H and O–H groups in total. The third-order valence-corrected chi connectivity index (χ3v) is 2.81. The zero-order chi connectivity index (χ0) is 13.1. The van der Waals surface area contributed by atoms with E-state index in [1.54, 1.807) is 16.8 Å². The average molecular weight is 264 g/mol. The number of hydrogen-bond acceptors (Lipinski definition) is 3. The maximum absolute atomic E-state index is 12.8. The topological polar surface area (TPSA) is 46.0 Å². The van der Waals surface area contributed by atoms with E-state index in [1.807, 2.05) is 13.8 Å². The first kappa shape index (κ1) is 12.6. The number of rotatable bonds is 3. The molecule has 0 aliphatic rings. The van der Waals surface area contributed by atoms with Gasteiger partial charge in [-0.2, -0.15) is 14.9 Å². The van der Waals surface area contributed by atoms with Crippen molar-refractivity contribution in [3.05, 3.63) is 46.2 Å². The predicted octanol–water partition coefficient (Wildman–Crippen LogP) is 2.91. The van der Waals surface area contributed by atoms with E-state index in [2.05, 4.69) is 15.3 Å². The molecule has 4 nitrogen and oxygen atoms in total. The third kappa shape index (κ3) is 2.53. The van der Waals surface area contributed by atoms with Crippen LogP contribution >= 0.6 is 12.2 Å².